The molecule has 204 valence electrons. The summed E-state index contributed by atoms with van der Waals surface area (Å²) in [6.07, 6.45) is 0. The van der Waals surface area contributed by atoms with Crippen molar-refractivity contribution in [3.05, 3.63) is 179 Å². The van der Waals surface area contributed by atoms with Gasteiger partial charge in [-0.1, -0.05) is 133 Å². The van der Waals surface area contributed by atoms with Gasteiger partial charge >= 0.3 is 0 Å². The Morgan fingerprint density at radius 2 is 0.886 bits per heavy atom. The number of rotatable bonds is 4. The third-order valence-corrected chi connectivity index (χ3v) is 8.84. The van der Waals surface area contributed by atoms with Crippen LogP contribution < -0.4 is 10.7 Å². The lowest BCUT2D eigenvalue weighted by atomic mass is 9.83. The molecule has 2 heterocycles. The first-order valence-corrected chi connectivity index (χ1v) is 15.0. The number of hydrogen-bond acceptors (Lipinski definition) is 2. The maximum absolute atomic E-state index is 5.17. The molecule has 2 heteroatoms. The van der Waals surface area contributed by atoms with E-state index in [1.807, 2.05) is 0 Å². The molecule has 0 aliphatic carbocycles. The summed E-state index contributed by atoms with van der Waals surface area (Å²) in [4.78, 5) is 10.3. The van der Waals surface area contributed by atoms with E-state index in [0.717, 1.165) is 33.2 Å². The summed E-state index contributed by atoms with van der Waals surface area (Å²) in [5, 5.41) is 4.35. The van der Waals surface area contributed by atoms with Crippen molar-refractivity contribution in [2.24, 2.45) is 9.98 Å². The second-order valence-corrected chi connectivity index (χ2v) is 11.3. The molecular weight excluding hydrogens is 532 g/mol. The molecular formula is C42H26N2. The van der Waals surface area contributed by atoms with Crippen LogP contribution in [0.15, 0.2) is 168 Å². The summed E-state index contributed by atoms with van der Waals surface area (Å²) in [6, 6.07) is 56.1. The highest BCUT2D eigenvalue weighted by molar-refractivity contribution is 6.05. The Labute approximate surface area is 255 Å². The van der Waals surface area contributed by atoms with Crippen LogP contribution >= 0.6 is 0 Å². The van der Waals surface area contributed by atoms with E-state index in [1.54, 1.807) is 0 Å². The van der Waals surface area contributed by atoms with Crippen LogP contribution in [0.1, 0.15) is 0 Å². The van der Waals surface area contributed by atoms with E-state index in [0.29, 0.717) is 0 Å². The first-order chi connectivity index (χ1) is 21.8. The largest absolute Gasteiger partial charge is 0.248 e. The van der Waals surface area contributed by atoms with Crippen molar-refractivity contribution in [1.82, 2.24) is 0 Å². The van der Waals surface area contributed by atoms with Crippen molar-refractivity contribution in [3.63, 3.8) is 0 Å². The fourth-order valence-electron chi connectivity index (χ4n) is 6.91. The van der Waals surface area contributed by atoms with Gasteiger partial charge in [0.25, 0.3) is 0 Å². The Hall–Kier alpha value is -5.86. The van der Waals surface area contributed by atoms with Crippen molar-refractivity contribution in [2.45, 2.75) is 0 Å². The van der Waals surface area contributed by atoms with E-state index < -0.39 is 0 Å². The Morgan fingerprint density at radius 1 is 0.295 bits per heavy atom. The predicted molar refractivity (Wildman–Crippen MR) is 179 cm³/mol. The monoisotopic (exact) mass is 558 g/mol. The van der Waals surface area contributed by atoms with Gasteiger partial charge in [-0.3, -0.25) is 0 Å². The van der Waals surface area contributed by atoms with Crippen molar-refractivity contribution < 1.29 is 0 Å². The molecule has 0 saturated heterocycles. The molecule has 0 aromatic heterocycles. The normalized spacial score (nSPS) is 12.0. The second-order valence-electron chi connectivity index (χ2n) is 11.3. The van der Waals surface area contributed by atoms with E-state index in [-0.39, 0.29) is 0 Å². The molecule has 0 atom stereocenters. The Bertz CT molecular complexity index is 2480. The van der Waals surface area contributed by atoms with Crippen LogP contribution in [0.5, 0.6) is 0 Å². The zero-order chi connectivity index (χ0) is 29.0. The number of benzene rings is 7. The van der Waals surface area contributed by atoms with E-state index >= 15 is 0 Å². The summed E-state index contributed by atoms with van der Waals surface area (Å²) in [6.45, 7) is 0. The SMILES string of the molecule is c1ccc(-c2ccccc2-c2ccccc2-c2ccc3c(c2-c2ccccc2)-c2c4c(ccc2=N3)=c2ccccc2=N4)cc1. The van der Waals surface area contributed by atoms with Crippen molar-refractivity contribution in [3.8, 4) is 55.6 Å². The Balaban J connectivity index is 1.35. The van der Waals surface area contributed by atoms with Gasteiger partial charge in [-0.25, -0.2) is 9.98 Å². The molecule has 44 heavy (non-hydrogen) atoms. The number of nitrogens with zero attached hydrogens (tertiary/aromatic N) is 2. The minimum absolute atomic E-state index is 0.979. The summed E-state index contributed by atoms with van der Waals surface area (Å²) < 4.78 is 0. The van der Waals surface area contributed by atoms with Crippen molar-refractivity contribution in [1.29, 1.82) is 0 Å². The van der Waals surface area contributed by atoms with E-state index in [9.17, 15) is 0 Å². The van der Waals surface area contributed by atoms with Gasteiger partial charge in [0.2, 0.25) is 0 Å². The van der Waals surface area contributed by atoms with Crippen LogP contribution in [-0.2, 0) is 0 Å². The van der Waals surface area contributed by atoms with Crippen LogP contribution in [0, 0.1) is 10.4 Å². The summed E-state index contributed by atoms with van der Waals surface area (Å²) in [7, 11) is 0. The maximum atomic E-state index is 5.17. The molecule has 0 fully saturated rings. The molecule has 0 N–H and O–H groups in total. The molecule has 7 aromatic carbocycles. The van der Waals surface area contributed by atoms with Crippen LogP contribution in [0.25, 0.3) is 55.6 Å². The minimum Gasteiger partial charge on any atom is -0.248 e. The lowest BCUT2D eigenvalue weighted by Gasteiger charge is -2.20. The van der Waals surface area contributed by atoms with E-state index in [1.165, 1.54) is 54.9 Å². The highest BCUT2D eigenvalue weighted by Crippen LogP contribution is 2.50. The van der Waals surface area contributed by atoms with E-state index in [2.05, 4.69) is 158 Å². The fraction of sp³-hybridized carbons (Fsp3) is 0. The molecule has 0 saturated carbocycles. The third kappa shape index (κ3) is 3.75. The van der Waals surface area contributed by atoms with Gasteiger partial charge in [0.15, 0.2) is 0 Å². The molecule has 9 rings (SSSR count). The first-order valence-electron chi connectivity index (χ1n) is 15.0. The molecule has 2 aliphatic heterocycles. The molecule has 0 bridgehead atoms. The zero-order valence-corrected chi connectivity index (χ0v) is 23.9. The molecule has 0 radical (unpaired) electrons. The molecule has 0 unspecified atom stereocenters. The molecule has 7 aromatic rings. The van der Waals surface area contributed by atoms with Crippen LogP contribution in [-0.4, -0.2) is 0 Å². The third-order valence-electron chi connectivity index (χ3n) is 8.84. The van der Waals surface area contributed by atoms with Gasteiger partial charge in [-0.2, -0.15) is 0 Å². The lowest BCUT2D eigenvalue weighted by molar-refractivity contribution is 1.36. The van der Waals surface area contributed by atoms with Gasteiger partial charge in [-0.15, -0.1) is 0 Å². The molecule has 0 spiro atoms. The Morgan fingerprint density at radius 3 is 1.64 bits per heavy atom. The van der Waals surface area contributed by atoms with Crippen molar-refractivity contribution in [2.75, 3.05) is 0 Å². The number of hydrogen-bond donors (Lipinski definition) is 0. The van der Waals surface area contributed by atoms with Gasteiger partial charge in [0.1, 0.15) is 0 Å². The van der Waals surface area contributed by atoms with Crippen LogP contribution in [0.3, 0.4) is 0 Å². The van der Waals surface area contributed by atoms with Gasteiger partial charge < -0.3 is 0 Å². The highest BCUT2D eigenvalue weighted by Gasteiger charge is 2.27. The zero-order valence-electron chi connectivity index (χ0n) is 23.9. The number of para-hydroxylation sites is 1. The van der Waals surface area contributed by atoms with Gasteiger partial charge in [-0.05, 0) is 68.8 Å². The average molecular weight is 559 g/mol. The lowest BCUT2D eigenvalue weighted by Crippen LogP contribution is -2.01. The summed E-state index contributed by atoms with van der Waals surface area (Å²) in [5.74, 6) is 0. The molecule has 2 aliphatic rings. The smallest absolute Gasteiger partial charge is 0.0817 e. The molecule has 2 nitrogen and oxygen atoms in total. The first kappa shape index (κ1) is 24.7. The number of fused-ring (bicyclic) bond motifs is 6. The standard InChI is InChI=1S/C42H26N2/c1-3-13-27(14-4-1)29-17-7-8-18-30(29)31-19-9-10-20-32(31)34-23-25-37-40(39(34)28-15-5-2-6-16-28)41-38(43-37)26-24-35-33-21-11-12-22-36(33)44-42(35)41/h1-26H. The second kappa shape index (κ2) is 9.86. The summed E-state index contributed by atoms with van der Waals surface area (Å²) >= 11 is 0. The van der Waals surface area contributed by atoms with Crippen LogP contribution in [0.4, 0.5) is 11.4 Å². The minimum atomic E-state index is 0.979. The average Bonchev–Trinajstić information content (AvgIpc) is 3.67. The predicted octanol–water partition coefficient (Wildman–Crippen LogP) is 9.84. The Kier molecular flexibility index (Phi) is 5.54. The van der Waals surface area contributed by atoms with Crippen molar-refractivity contribution >= 4 is 11.4 Å². The van der Waals surface area contributed by atoms with Gasteiger partial charge in [0.05, 0.1) is 22.1 Å². The van der Waals surface area contributed by atoms with Crippen LogP contribution in [0.2, 0.25) is 0 Å². The highest BCUT2D eigenvalue weighted by atomic mass is 14.8. The van der Waals surface area contributed by atoms with E-state index in [4.69, 9.17) is 9.98 Å². The fourth-order valence-corrected chi connectivity index (χ4v) is 6.91. The quantitative estimate of drug-likeness (QED) is 0.205. The summed E-state index contributed by atoms with van der Waals surface area (Å²) in [5.41, 5.74) is 13.9. The molecule has 0 amide bonds. The topological polar surface area (TPSA) is 24.7 Å². The maximum Gasteiger partial charge on any atom is 0.0817 e. The van der Waals surface area contributed by atoms with Gasteiger partial charge in [0, 0.05) is 21.6 Å².